The molecule has 3 aromatic rings. The monoisotopic (exact) mass is 400 g/mol. The molecule has 0 saturated heterocycles. The van der Waals surface area contributed by atoms with Gasteiger partial charge in [-0.15, -0.1) is 0 Å². The number of rotatable bonds is 6. The Morgan fingerprint density at radius 3 is 2.43 bits per heavy atom. The highest BCUT2D eigenvalue weighted by Gasteiger charge is 2.17. The Labute approximate surface area is 160 Å². The molecule has 9 nitrogen and oxygen atoms in total. The highest BCUT2D eigenvalue weighted by atomic mass is 32.2. The number of methoxy groups -OCH3 is 1. The number of hydrogen-bond acceptors (Lipinski definition) is 6. The molecule has 0 bridgehead atoms. The van der Waals surface area contributed by atoms with Crippen molar-refractivity contribution in [3.05, 3.63) is 72.1 Å². The highest BCUT2D eigenvalue weighted by molar-refractivity contribution is 7.92. The van der Waals surface area contributed by atoms with E-state index < -0.39 is 21.9 Å². The average Bonchev–Trinajstić information content (AvgIpc) is 3.18. The smallest absolute Gasteiger partial charge is 0.337 e. The van der Waals surface area contributed by atoms with Crippen LogP contribution in [0.1, 0.15) is 20.8 Å². The number of nitrogens with zero attached hydrogens (tertiary/aromatic N) is 2. The van der Waals surface area contributed by atoms with Gasteiger partial charge < -0.3 is 10.5 Å². The molecule has 0 aliphatic rings. The Morgan fingerprint density at radius 2 is 1.82 bits per heavy atom. The van der Waals surface area contributed by atoms with Crippen LogP contribution in [0.25, 0.3) is 5.69 Å². The lowest BCUT2D eigenvalue weighted by Gasteiger charge is -2.10. The molecule has 3 rings (SSSR count). The van der Waals surface area contributed by atoms with Crippen LogP contribution in [-0.4, -0.2) is 37.2 Å². The van der Waals surface area contributed by atoms with E-state index in [0.29, 0.717) is 11.4 Å². The Balaban J connectivity index is 1.81. The summed E-state index contributed by atoms with van der Waals surface area (Å²) >= 11 is 0. The molecule has 0 saturated carbocycles. The molecule has 2 aromatic carbocycles. The van der Waals surface area contributed by atoms with Crippen molar-refractivity contribution in [2.75, 3.05) is 11.8 Å². The third-order valence-electron chi connectivity index (χ3n) is 3.79. The molecule has 28 heavy (non-hydrogen) atoms. The van der Waals surface area contributed by atoms with Crippen LogP contribution < -0.4 is 10.5 Å². The van der Waals surface area contributed by atoms with Gasteiger partial charge in [-0.05, 0) is 48.5 Å². The van der Waals surface area contributed by atoms with E-state index in [9.17, 15) is 18.0 Å². The van der Waals surface area contributed by atoms with Crippen LogP contribution in [-0.2, 0) is 14.8 Å². The molecule has 0 aliphatic carbocycles. The molecule has 3 N–H and O–H groups in total. The number of aromatic nitrogens is 2. The van der Waals surface area contributed by atoms with Crippen LogP contribution in [0.3, 0.4) is 0 Å². The number of primary amides is 1. The van der Waals surface area contributed by atoms with Crippen molar-refractivity contribution in [2.24, 2.45) is 5.73 Å². The van der Waals surface area contributed by atoms with Crippen molar-refractivity contribution in [1.29, 1.82) is 0 Å². The number of anilines is 1. The van der Waals surface area contributed by atoms with Crippen LogP contribution >= 0.6 is 0 Å². The minimum absolute atomic E-state index is 0.0716. The number of benzene rings is 2. The summed E-state index contributed by atoms with van der Waals surface area (Å²) in [5.74, 6) is -1.27. The number of carbonyl (C=O) groups excluding carboxylic acids is 2. The maximum absolute atomic E-state index is 12.6. The standard InChI is InChI=1S/C18H16N4O5S/c1-27-18(24)12-3-2-4-15(11-12)28(25,26)21-13-5-7-14(8-6-13)22-10-9-16(20-22)17(19)23/h2-11,21H,1H3,(H2,19,23). The summed E-state index contributed by atoms with van der Waals surface area (Å²) in [7, 11) is -2.69. The molecule has 1 heterocycles. The zero-order valence-corrected chi connectivity index (χ0v) is 15.5. The lowest BCUT2D eigenvalue weighted by molar-refractivity contribution is 0.0600. The van der Waals surface area contributed by atoms with E-state index in [2.05, 4.69) is 14.6 Å². The number of nitrogens with two attached hydrogens (primary N) is 1. The summed E-state index contributed by atoms with van der Waals surface area (Å²) in [5.41, 5.74) is 6.35. The van der Waals surface area contributed by atoms with Crippen molar-refractivity contribution in [2.45, 2.75) is 4.90 Å². The van der Waals surface area contributed by atoms with Gasteiger partial charge in [0.15, 0.2) is 0 Å². The van der Waals surface area contributed by atoms with Crippen molar-refractivity contribution in [3.8, 4) is 5.69 Å². The SMILES string of the molecule is COC(=O)c1cccc(S(=O)(=O)Nc2ccc(-n3ccc(C(N)=O)n3)cc2)c1. The summed E-state index contributed by atoms with van der Waals surface area (Å²) in [4.78, 5) is 22.6. The fraction of sp³-hybridized carbons (Fsp3) is 0.0556. The second kappa shape index (κ2) is 7.53. The van der Waals surface area contributed by atoms with Crippen molar-refractivity contribution >= 4 is 27.6 Å². The van der Waals surface area contributed by atoms with E-state index in [1.807, 2.05) is 0 Å². The van der Waals surface area contributed by atoms with E-state index in [4.69, 9.17) is 5.73 Å². The van der Waals surface area contributed by atoms with Crippen LogP contribution in [0.4, 0.5) is 5.69 Å². The Bertz CT molecular complexity index is 1140. The first-order valence-corrected chi connectivity index (χ1v) is 9.45. The Hall–Kier alpha value is -3.66. The summed E-state index contributed by atoms with van der Waals surface area (Å²) in [6.07, 6.45) is 1.57. The molecule has 0 atom stereocenters. The second-order valence-corrected chi connectivity index (χ2v) is 7.36. The van der Waals surface area contributed by atoms with Gasteiger partial charge in [0.25, 0.3) is 15.9 Å². The van der Waals surface area contributed by atoms with Crippen molar-refractivity contribution in [1.82, 2.24) is 9.78 Å². The average molecular weight is 400 g/mol. The lowest BCUT2D eigenvalue weighted by atomic mass is 10.2. The van der Waals surface area contributed by atoms with E-state index in [1.54, 1.807) is 30.5 Å². The quantitative estimate of drug-likeness (QED) is 0.603. The lowest BCUT2D eigenvalue weighted by Crippen LogP contribution is -2.14. The third kappa shape index (κ3) is 4.01. The first-order chi connectivity index (χ1) is 13.3. The number of hydrogen-bond donors (Lipinski definition) is 2. The summed E-state index contributed by atoms with van der Waals surface area (Å²) < 4.78 is 33.6. The van der Waals surface area contributed by atoms with Gasteiger partial charge in [0.2, 0.25) is 0 Å². The zero-order valence-electron chi connectivity index (χ0n) is 14.7. The van der Waals surface area contributed by atoms with Crippen LogP contribution in [0.5, 0.6) is 0 Å². The number of esters is 1. The molecule has 144 valence electrons. The largest absolute Gasteiger partial charge is 0.465 e. The fourth-order valence-electron chi connectivity index (χ4n) is 2.40. The van der Waals surface area contributed by atoms with Gasteiger partial charge in [-0.2, -0.15) is 5.10 Å². The van der Waals surface area contributed by atoms with Gasteiger partial charge >= 0.3 is 5.97 Å². The summed E-state index contributed by atoms with van der Waals surface area (Å²) in [5, 5.41) is 4.03. The van der Waals surface area contributed by atoms with Gasteiger partial charge in [0, 0.05) is 11.9 Å². The predicted molar refractivity (Wildman–Crippen MR) is 101 cm³/mol. The number of amides is 1. The van der Waals surface area contributed by atoms with Gasteiger partial charge in [-0.3, -0.25) is 9.52 Å². The third-order valence-corrected chi connectivity index (χ3v) is 5.17. The fourth-order valence-corrected chi connectivity index (χ4v) is 3.51. The highest BCUT2D eigenvalue weighted by Crippen LogP contribution is 2.19. The minimum atomic E-state index is -3.90. The van der Waals surface area contributed by atoms with Crippen LogP contribution in [0.2, 0.25) is 0 Å². The minimum Gasteiger partial charge on any atom is -0.465 e. The molecular formula is C18H16N4O5S. The van der Waals surface area contributed by atoms with Crippen molar-refractivity contribution in [3.63, 3.8) is 0 Å². The normalized spacial score (nSPS) is 11.0. The molecular weight excluding hydrogens is 384 g/mol. The molecule has 1 amide bonds. The molecule has 0 unspecified atom stereocenters. The second-order valence-electron chi connectivity index (χ2n) is 5.68. The molecule has 0 aliphatic heterocycles. The maximum Gasteiger partial charge on any atom is 0.337 e. The van der Waals surface area contributed by atoms with E-state index in [1.165, 1.54) is 42.1 Å². The molecule has 0 radical (unpaired) electrons. The Kier molecular flexibility index (Phi) is 5.14. The molecule has 0 fully saturated rings. The molecule has 0 spiro atoms. The van der Waals surface area contributed by atoms with Gasteiger partial charge in [0.05, 0.1) is 23.3 Å². The first-order valence-electron chi connectivity index (χ1n) is 7.97. The topological polar surface area (TPSA) is 133 Å². The first kappa shape index (κ1) is 19.1. The van der Waals surface area contributed by atoms with E-state index in [0.717, 1.165) is 0 Å². The number of carbonyl (C=O) groups is 2. The zero-order chi connectivity index (χ0) is 20.3. The van der Waals surface area contributed by atoms with Crippen molar-refractivity contribution < 1.29 is 22.7 Å². The van der Waals surface area contributed by atoms with E-state index >= 15 is 0 Å². The van der Waals surface area contributed by atoms with Crippen LogP contribution in [0.15, 0.2) is 65.7 Å². The van der Waals surface area contributed by atoms with E-state index in [-0.39, 0.29) is 16.2 Å². The summed E-state index contributed by atoms with van der Waals surface area (Å²) in [6.45, 7) is 0. The van der Waals surface area contributed by atoms with Gasteiger partial charge in [0.1, 0.15) is 5.69 Å². The number of sulfonamides is 1. The molecule has 10 heteroatoms. The molecule has 1 aromatic heterocycles. The number of ether oxygens (including phenoxy) is 1. The van der Waals surface area contributed by atoms with Crippen LogP contribution in [0, 0.1) is 0 Å². The summed E-state index contributed by atoms with van der Waals surface area (Å²) in [6, 6.07) is 13.3. The predicted octanol–water partition coefficient (Wildman–Crippen LogP) is 1.56. The maximum atomic E-state index is 12.6. The van der Waals surface area contributed by atoms with Gasteiger partial charge in [-0.1, -0.05) is 6.07 Å². The van der Waals surface area contributed by atoms with Gasteiger partial charge in [-0.25, -0.2) is 17.9 Å². The number of nitrogens with one attached hydrogen (secondary N) is 1. The Morgan fingerprint density at radius 1 is 1.11 bits per heavy atom.